The van der Waals surface area contributed by atoms with E-state index in [2.05, 4.69) is 5.32 Å². The van der Waals surface area contributed by atoms with Crippen LogP contribution in [0.4, 0.5) is 4.79 Å². The van der Waals surface area contributed by atoms with E-state index in [4.69, 9.17) is 9.57 Å². The molecule has 0 aromatic heterocycles. The molecule has 2 amide bonds. The molecule has 122 valence electrons. The predicted octanol–water partition coefficient (Wildman–Crippen LogP) is 2.58. The number of carbonyl (C=O) groups excluding carboxylic acids is 2. The van der Waals surface area contributed by atoms with Gasteiger partial charge in [-0.1, -0.05) is 29.8 Å². The summed E-state index contributed by atoms with van der Waals surface area (Å²) < 4.78 is 5.22. The molecule has 0 aliphatic rings. The van der Waals surface area contributed by atoms with Gasteiger partial charge in [0.1, 0.15) is 11.6 Å². The molecule has 6 nitrogen and oxygen atoms in total. The van der Waals surface area contributed by atoms with Crippen molar-refractivity contribution in [3.05, 3.63) is 35.4 Å². The molecule has 22 heavy (non-hydrogen) atoms. The summed E-state index contributed by atoms with van der Waals surface area (Å²) in [6.45, 7) is 7.23. The number of benzene rings is 1. The van der Waals surface area contributed by atoms with Crippen molar-refractivity contribution in [2.45, 2.75) is 39.3 Å². The number of amides is 2. The Morgan fingerprint density at radius 3 is 2.18 bits per heavy atom. The van der Waals surface area contributed by atoms with E-state index in [1.165, 1.54) is 14.2 Å². The van der Waals surface area contributed by atoms with E-state index in [1.807, 2.05) is 19.1 Å². The van der Waals surface area contributed by atoms with Crippen LogP contribution in [0.1, 0.15) is 37.9 Å². The van der Waals surface area contributed by atoms with Gasteiger partial charge < -0.3 is 10.1 Å². The number of hydrogen-bond acceptors (Lipinski definition) is 4. The number of alkyl carbamates (subject to hydrolysis) is 1. The van der Waals surface area contributed by atoms with Crippen molar-refractivity contribution in [2.75, 3.05) is 14.2 Å². The highest BCUT2D eigenvalue weighted by Gasteiger charge is 2.28. The summed E-state index contributed by atoms with van der Waals surface area (Å²) in [5.74, 6) is -0.391. The number of hydrogen-bond donors (Lipinski definition) is 1. The van der Waals surface area contributed by atoms with Crippen molar-refractivity contribution in [3.63, 3.8) is 0 Å². The van der Waals surface area contributed by atoms with Gasteiger partial charge in [-0.05, 0) is 33.3 Å². The summed E-state index contributed by atoms with van der Waals surface area (Å²) in [6, 6.07) is 6.45. The minimum atomic E-state index is -0.875. The predicted molar refractivity (Wildman–Crippen MR) is 83.1 cm³/mol. The lowest BCUT2D eigenvalue weighted by Gasteiger charge is -2.25. The van der Waals surface area contributed by atoms with Gasteiger partial charge in [0.25, 0.3) is 5.91 Å². The maximum absolute atomic E-state index is 12.4. The van der Waals surface area contributed by atoms with Crippen LogP contribution in [0.15, 0.2) is 24.3 Å². The Morgan fingerprint density at radius 2 is 1.73 bits per heavy atom. The molecule has 0 fully saturated rings. The minimum Gasteiger partial charge on any atom is -0.444 e. The molecule has 0 aliphatic carbocycles. The van der Waals surface area contributed by atoms with Gasteiger partial charge in [0.2, 0.25) is 0 Å². The lowest BCUT2D eigenvalue weighted by molar-refractivity contribution is -0.171. The second-order valence-electron chi connectivity index (χ2n) is 6.01. The Labute approximate surface area is 131 Å². The molecule has 6 heteroatoms. The molecule has 1 aromatic carbocycles. The van der Waals surface area contributed by atoms with Gasteiger partial charge >= 0.3 is 6.09 Å². The fourth-order valence-electron chi connectivity index (χ4n) is 1.74. The summed E-state index contributed by atoms with van der Waals surface area (Å²) >= 11 is 0. The third-order valence-electron chi connectivity index (χ3n) is 2.90. The molecule has 0 saturated carbocycles. The van der Waals surface area contributed by atoms with Crippen molar-refractivity contribution < 1.29 is 19.2 Å². The third-order valence-corrected chi connectivity index (χ3v) is 2.90. The monoisotopic (exact) mass is 308 g/mol. The molecule has 1 atom stereocenters. The standard InChI is InChI=1S/C16H24N2O4/c1-11-7-9-12(10-8-11)13(14(19)18(5)21-6)17-15(20)22-16(2,3)4/h7-10,13H,1-6H3,(H,17,20). The Morgan fingerprint density at radius 1 is 1.18 bits per heavy atom. The topological polar surface area (TPSA) is 67.9 Å². The molecule has 1 aromatic rings. The van der Waals surface area contributed by atoms with Gasteiger partial charge in [-0.3, -0.25) is 9.63 Å². The number of hydroxylamine groups is 2. The number of likely N-dealkylation sites (N-methyl/N-ethyl adjacent to an activating group) is 1. The zero-order valence-corrected chi connectivity index (χ0v) is 14.0. The second-order valence-corrected chi connectivity index (χ2v) is 6.01. The summed E-state index contributed by atoms with van der Waals surface area (Å²) in [4.78, 5) is 29.3. The molecule has 0 spiro atoms. The van der Waals surface area contributed by atoms with E-state index < -0.39 is 23.6 Å². The van der Waals surface area contributed by atoms with Crippen LogP contribution in [0.5, 0.6) is 0 Å². The van der Waals surface area contributed by atoms with E-state index >= 15 is 0 Å². The Bertz CT molecular complexity index is 520. The summed E-state index contributed by atoms with van der Waals surface area (Å²) in [7, 11) is 2.87. The van der Waals surface area contributed by atoms with Crippen molar-refractivity contribution in [3.8, 4) is 0 Å². The number of nitrogens with one attached hydrogen (secondary N) is 1. The van der Waals surface area contributed by atoms with Crippen LogP contribution < -0.4 is 5.32 Å². The largest absolute Gasteiger partial charge is 0.444 e. The summed E-state index contributed by atoms with van der Waals surface area (Å²) in [5.41, 5.74) is 1.08. The average Bonchev–Trinajstić information content (AvgIpc) is 2.42. The van der Waals surface area contributed by atoms with E-state index in [0.717, 1.165) is 10.6 Å². The normalized spacial score (nSPS) is 12.5. The molecule has 0 heterocycles. The van der Waals surface area contributed by atoms with Crippen LogP contribution in [0, 0.1) is 6.92 Å². The van der Waals surface area contributed by atoms with Gasteiger partial charge in [0, 0.05) is 7.05 Å². The van der Waals surface area contributed by atoms with Crippen LogP contribution in [0.25, 0.3) is 0 Å². The van der Waals surface area contributed by atoms with Crippen LogP contribution >= 0.6 is 0 Å². The molecule has 0 saturated heterocycles. The van der Waals surface area contributed by atoms with Crippen molar-refractivity contribution >= 4 is 12.0 Å². The zero-order valence-electron chi connectivity index (χ0n) is 14.0. The van der Waals surface area contributed by atoms with Gasteiger partial charge in [-0.25, -0.2) is 9.86 Å². The Hall–Kier alpha value is -2.08. The second kappa shape index (κ2) is 7.26. The molecule has 1 N–H and O–H groups in total. The van der Waals surface area contributed by atoms with E-state index in [9.17, 15) is 9.59 Å². The van der Waals surface area contributed by atoms with Gasteiger partial charge in [-0.2, -0.15) is 0 Å². The first-order valence-electron chi connectivity index (χ1n) is 7.02. The first kappa shape index (κ1) is 18.0. The molecule has 1 rings (SSSR count). The fourth-order valence-corrected chi connectivity index (χ4v) is 1.74. The average molecular weight is 308 g/mol. The summed E-state index contributed by atoms with van der Waals surface area (Å²) in [5, 5.41) is 3.66. The van der Waals surface area contributed by atoms with E-state index in [1.54, 1.807) is 32.9 Å². The van der Waals surface area contributed by atoms with E-state index in [0.29, 0.717) is 5.56 Å². The first-order valence-corrected chi connectivity index (χ1v) is 7.02. The van der Waals surface area contributed by atoms with Crippen LogP contribution in [0.2, 0.25) is 0 Å². The molecular formula is C16H24N2O4. The highest BCUT2D eigenvalue weighted by Crippen LogP contribution is 2.18. The highest BCUT2D eigenvalue weighted by molar-refractivity contribution is 5.86. The van der Waals surface area contributed by atoms with Crippen molar-refractivity contribution in [2.24, 2.45) is 0 Å². The van der Waals surface area contributed by atoms with Gasteiger partial charge in [0.05, 0.1) is 7.11 Å². The summed E-state index contributed by atoms with van der Waals surface area (Å²) in [6.07, 6.45) is -0.657. The Kier molecular flexibility index (Phi) is 5.93. The molecular weight excluding hydrogens is 284 g/mol. The maximum atomic E-state index is 12.4. The highest BCUT2D eigenvalue weighted by atomic mass is 16.7. The number of rotatable bonds is 4. The molecule has 0 radical (unpaired) electrons. The number of nitrogens with zero attached hydrogens (tertiary/aromatic N) is 1. The third kappa shape index (κ3) is 5.37. The van der Waals surface area contributed by atoms with E-state index in [-0.39, 0.29) is 0 Å². The lowest BCUT2D eigenvalue weighted by Crippen LogP contribution is -2.42. The first-order chi connectivity index (χ1) is 10.1. The van der Waals surface area contributed by atoms with Crippen LogP contribution in [-0.4, -0.2) is 36.8 Å². The fraction of sp³-hybridized carbons (Fsp3) is 0.500. The lowest BCUT2D eigenvalue weighted by atomic mass is 10.0. The van der Waals surface area contributed by atoms with Crippen molar-refractivity contribution in [1.29, 1.82) is 0 Å². The number of carbonyl (C=O) groups is 2. The molecule has 0 bridgehead atoms. The van der Waals surface area contributed by atoms with Gasteiger partial charge in [-0.15, -0.1) is 0 Å². The SMILES string of the molecule is CON(C)C(=O)C(NC(=O)OC(C)(C)C)c1ccc(C)cc1. The van der Waals surface area contributed by atoms with Crippen LogP contribution in [0.3, 0.4) is 0 Å². The molecule has 1 unspecified atom stereocenters. The smallest absolute Gasteiger partial charge is 0.408 e. The Balaban J connectivity index is 2.99. The van der Waals surface area contributed by atoms with Gasteiger partial charge in [0.15, 0.2) is 0 Å². The van der Waals surface area contributed by atoms with Crippen molar-refractivity contribution in [1.82, 2.24) is 10.4 Å². The maximum Gasteiger partial charge on any atom is 0.408 e. The molecule has 0 aliphatic heterocycles. The number of aryl methyl sites for hydroxylation is 1. The zero-order chi connectivity index (χ0) is 16.9. The van der Waals surface area contributed by atoms with Crippen LogP contribution in [-0.2, 0) is 14.4 Å². The quantitative estimate of drug-likeness (QED) is 0.868. The minimum absolute atomic E-state index is 0.391. The number of ether oxygens (including phenoxy) is 1.